The maximum atomic E-state index is 6.46. The summed E-state index contributed by atoms with van der Waals surface area (Å²) in [5.74, 6) is 2.71. The first-order valence-corrected chi connectivity index (χ1v) is 7.89. The van der Waals surface area contributed by atoms with E-state index in [0.29, 0.717) is 28.5 Å². The molecule has 3 rings (SSSR count). The summed E-state index contributed by atoms with van der Waals surface area (Å²) in [6, 6.07) is 4.32. The number of hydrogen-bond donors (Lipinski definition) is 1. The van der Waals surface area contributed by atoms with Crippen molar-refractivity contribution >= 4 is 11.6 Å². The first kappa shape index (κ1) is 14.9. The van der Waals surface area contributed by atoms with Crippen LogP contribution in [0.3, 0.4) is 0 Å². The molecule has 0 bridgehead atoms. The van der Waals surface area contributed by atoms with Crippen LogP contribution in [0.15, 0.2) is 12.1 Å². The second-order valence-corrected chi connectivity index (χ2v) is 6.51. The summed E-state index contributed by atoms with van der Waals surface area (Å²) in [5.41, 5.74) is 7.29. The number of fused-ring (bicyclic) bond motifs is 1. The number of nitrogens with zero attached hydrogens (tertiary/aromatic N) is 1. The Morgan fingerprint density at radius 2 is 2.05 bits per heavy atom. The first-order valence-electron chi connectivity index (χ1n) is 7.51. The summed E-state index contributed by atoms with van der Waals surface area (Å²) in [5, 5.41) is 0.651. The molecule has 1 aromatic carbocycles. The van der Waals surface area contributed by atoms with Crippen molar-refractivity contribution in [2.75, 3.05) is 27.3 Å². The van der Waals surface area contributed by atoms with Crippen molar-refractivity contribution in [1.29, 1.82) is 0 Å². The molecule has 0 aromatic heterocycles. The fourth-order valence-electron chi connectivity index (χ4n) is 3.82. The molecule has 1 aliphatic carbocycles. The van der Waals surface area contributed by atoms with Crippen molar-refractivity contribution in [3.05, 3.63) is 22.7 Å². The molecule has 2 fully saturated rings. The van der Waals surface area contributed by atoms with Gasteiger partial charge in [0.05, 0.1) is 19.2 Å². The highest BCUT2D eigenvalue weighted by atomic mass is 35.5. The van der Waals surface area contributed by atoms with E-state index in [-0.39, 0.29) is 0 Å². The largest absolute Gasteiger partial charge is 0.493 e. The van der Waals surface area contributed by atoms with E-state index >= 15 is 0 Å². The normalized spacial score (nSPS) is 28.7. The second kappa shape index (κ2) is 6.03. The number of likely N-dealkylation sites (tertiary alicyclic amines) is 1. The minimum Gasteiger partial charge on any atom is -0.493 e. The Kier molecular flexibility index (Phi) is 4.29. The highest BCUT2D eigenvalue weighted by Crippen LogP contribution is 2.40. The molecule has 21 heavy (non-hydrogen) atoms. The minimum absolute atomic E-state index is 0.376. The van der Waals surface area contributed by atoms with Crippen LogP contribution < -0.4 is 15.2 Å². The molecule has 0 spiro atoms. The zero-order chi connectivity index (χ0) is 15.0. The van der Waals surface area contributed by atoms with E-state index in [1.54, 1.807) is 14.2 Å². The number of methoxy groups -OCH3 is 2. The van der Waals surface area contributed by atoms with E-state index in [2.05, 4.69) is 4.90 Å². The van der Waals surface area contributed by atoms with Crippen LogP contribution in [0.1, 0.15) is 18.4 Å². The predicted molar refractivity (Wildman–Crippen MR) is 84.0 cm³/mol. The van der Waals surface area contributed by atoms with Gasteiger partial charge in [0.2, 0.25) is 0 Å². The molecule has 4 nitrogen and oxygen atoms in total. The van der Waals surface area contributed by atoms with Crippen LogP contribution in [-0.4, -0.2) is 38.3 Å². The zero-order valence-corrected chi connectivity index (χ0v) is 13.4. The van der Waals surface area contributed by atoms with Crippen molar-refractivity contribution in [3.63, 3.8) is 0 Å². The third-order valence-electron chi connectivity index (χ3n) is 4.95. The molecule has 1 aliphatic heterocycles. The number of hydrogen-bond acceptors (Lipinski definition) is 4. The number of benzene rings is 1. The van der Waals surface area contributed by atoms with Crippen LogP contribution in [0.25, 0.3) is 0 Å². The van der Waals surface area contributed by atoms with Crippen molar-refractivity contribution in [2.24, 2.45) is 17.6 Å². The number of nitrogens with two attached hydrogens (primary N) is 1. The van der Waals surface area contributed by atoms with Gasteiger partial charge in [-0.05, 0) is 36.3 Å². The topological polar surface area (TPSA) is 47.7 Å². The van der Waals surface area contributed by atoms with Gasteiger partial charge in [-0.3, -0.25) is 4.90 Å². The Morgan fingerprint density at radius 1 is 1.24 bits per heavy atom. The van der Waals surface area contributed by atoms with Gasteiger partial charge in [-0.25, -0.2) is 0 Å². The van der Waals surface area contributed by atoms with E-state index in [1.807, 2.05) is 12.1 Å². The molecule has 5 heteroatoms. The number of ether oxygens (including phenoxy) is 2. The van der Waals surface area contributed by atoms with Crippen LogP contribution in [0.2, 0.25) is 5.02 Å². The molecule has 2 aliphatic rings. The lowest BCUT2D eigenvalue weighted by atomic mass is 9.98. The lowest BCUT2D eigenvalue weighted by Gasteiger charge is -2.20. The molecule has 1 saturated heterocycles. The number of rotatable bonds is 4. The summed E-state index contributed by atoms with van der Waals surface area (Å²) in [6.45, 7) is 3.05. The average Bonchev–Trinajstić information content (AvgIpc) is 3.03. The molecular weight excluding hydrogens is 288 g/mol. The minimum atomic E-state index is 0.376. The predicted octanol–water partition coefficient (Wildman–Crippen LogP) is 2.53. The van der Waals surface area contributed by atoms with Gasteiger partial charge in [0.1, 0.15) is 0 Å². The van der Waals surface area contributed by atoms with Crippen LogP contribution in [0.4, 0.5) is 0 Å². The van der Waals surface area contributed by atoms with Gasteiger partial charge in [0.25, 0.3) is 0 Å². The van der Waals surface area contributed by atoms with E-state index in [9.17, 15) is 0 Å². The Bertz CT molecular complexity index is 523. The van der Waals surface area contributed by atoms with Crippen LogP contribution in [0, 0.1) is 11.8 Å². The Balaban J connectivity index is 1.74. The molecule has 116 valence electrons. The summed E-state index contributed by atoms with van der Waals surface area (Å²) < 4.78 is 10.6. The third-order valence-corrected chi connectivity index (χ3v) is 5.36. The van der Waals surface area contributed by atoms with Crippen molar-refractivity contribution in [1.82, 2.24) is 4.90 Å². The monoisotopic (exact) mass is 310 g/mol. The van der Waals surface area contributed by atoms with Gasteiger partial charge in [0, 0.05) is 25.7 Å². The summed E-state index contributed by atoms with van der Waals surface area (Å²) in [6.07, 6.45) is 2.45. The molecule has 1 heterocycles. The van der Waals surface area contributed by atoms with Crippen LogP contribution >= 0.6 is 11.6 Å². The lowest BCUT2D eigenvalue weighted by molar-refractivity contribution is 0.297. The van der Waals surface area contributed by atoms with Gasteiger partial charge in [-0.2, -0.15) is 0 Å². The SMILES string of the molecule is COc1ccc(CN2CC3CCC(N)C3C2)c(Cl)c1OC. The van der Waals surface area contributed by atoms with E-state index in [4.69, 9.17) is 26.8 Å². The van der Waals surface area contributed by atoms with E-state index in [1.165, 1.54) is 12.8 Å². The highest BCUT2D eigenvalue weighted by molar-refractivity contribution is 6.33. The Morgan fingerprint density at radius 3 is 2.71 bits per heavy atom. The second-order valence-electron chi connectivity index (χ2n) is 6.13. The molecule has 1 aromatic rings. The van der Waals surface area contributed by atoms with E-state index in [0.717, 1.165) is 31.1 Å². The van der Waals surface area contributed by atoms with Gasteiger partial charge in [0.15, 0.2) is 11.5 Å². The smallest absolute Gasteiger partial charge is 0.179 e. The Labute approximate surface area is 131 Å². The maximum Gasteiger partial charge on any atom is 0.179 e. The van der Waals surface area contributed by atoms with Gasteiger partial charge < -0.3 is 15.2 Å². The summed E-state index contributed by atoms with van der Waals surface area (Å²) >= 11 is 6.46. The van der Waals surface area contributed by atoms with Gasteiger partial charge in [-0.15, -0.1) is 0 Å². The molecule has 3 atom stereocenters. The molecule has 0 radical (unpaired) electrons. The summed E-state index contributed by atoms with van der Waals surface area (Å²) in [4.78, 5) is 2.46. The lowest BCUT2D eigenvalue weighted by Crippen LogP contribution is -2.30. The molecule has 2 N–H and O–H groups in total. The molecule has 1 saturated carbocycles. The fourth-order valence-corrected chi connectivity index (χ4v) is 4.11. The van der Waals surface area contributed by atoms with Gasteiger partial charge in [-0.1, -0.05) is 17.7 Å². The van der Waals surface area contributed by atoms with Crippen molar-refractivity contribution in [2.45, 2.75) is 25.4 Å². The molecular formula is C16H23ClN2O2. The zero-order valence-electron chi connectivity index (χ0n) is 12.6. The van der Waals surface area contributed by atoms with Gasteiger partial charge >= 0.3 is 0 Å². The van der Waals surface area contributed by atoms with Crippen molar-refractivity contribution in [3.8, 4) is 11.5 Å². The number of halogens is 1. The van der Waals surface area contributed by atoms with E-state index < -0.39 is 0 Å². The molecule has 3 unspecified atom stereocenters. The quantitative estimate of drug-likeness (QED) is 0.928. The van der Waals surface area contributed by atoms with Crippen LogP contribution in [-0.2, 0) is 6.54 Å². The average molecular weight is 311 g/mol. The third kappa shape index (κ3) is 2.72. The van der Waals surface area contributed by atoms with Crippen LogP contribution in [0.5, 0.6) is 11.5 Å². The highest BCUT2D eigenvalue weighted by Gasteiger charge is 2.40. The summed E-state index contributed by atoms with van der Waals surface area (Å²) in [7, 11) is 3.24. The first-order chi connectivity index (χ1) is 10.1. The van der Waals surface area contributed by atoms with Crippen molar-refractivity contribution < 1.29 is 9.47 Å². The standard InChI is InChI=1S/C16H23ClN2O2/c1-20-14-6-4-11(15(17)16(14)21-2)8-19-7-10-3-5-13(18)12(10)9-19/h4,6,10,12-13H,3,5,7-9,18H2,1-2H3. The molecule has 0 amide bonds. The Hall–Kier alpha value is -0.970. The fraction of sp³-hybridized carbons (Fsp3) is 0.625. The maximum absolute atomic E-state index is 6.46.